The largest absolute Gasteiger partial charge is 0.322 e. The summed E-state index contributed by atoms with van der Waals surface area (Å²) in [5, 5.41) is 9.02. The fraction of sp³-hybridized carbons (Fsp3) is 0.889. The third kappa shape index (κ3) is 2.59. The molecule has 0 saturated carbocycles. The van der Waals surface area contributed by atoms with Crippen molar-refractivity contribution in [2.45, 2.75) is 40.0 Å². The van der Waals surface area contributed by atoms with E-state index in [1.807, 2.05) is 0 Å². The smallest absolute Gasteiger partial charge is 0.317 e. The summed E-state index contributed by atoms with van der Waals surface area (Å²) >= 11 is 0. The Bertz CT molecular complexity index is 173. The highest BCUT2D eigenvalue weighted by Gasteiger charge is 2.27. The molecule has 4 nitrogen and oxygen atoms in total. The van der Waals surface area contributed by atoms with Crippen molar-refractivity contribution >= 4 is 6.03 Å². The number of amides is 2. The number of rotatable bonds is 2. The second-order valence-corrected chi connectivity index (χ2v) is 4.23. The lowest BCUT2D eigenvalue weighted by molar-refractivity contribution is 0.177. The molecule has 0 bridgehead atoms. The molecule has 13 heavy (non-hydrogen) atoms. The quantitative estimate of drug-likeness (QED) is 0.597. The molecule has 1 heterocycles. The van der Waals surface area contributed by atoms with E-state index >= 15 is 0 Å². The number of hydrogen-bond acceptors (Lipinski definition) is 2. The predicted molar refractivity (Wildman–Crippen MR) is 52.1 cm³/mol. The van der Waals surface area contributed by atoms with Crippen LogP contribution in [0.2, 0.25) is 0 Å². The molecule has 2 atom stereocenters. The SMILES string of the molecule is CC(C)C1NC(=O)NC(C(C)C)N1. The van der Waals surface area contributed by atoms with Crippen LogP contribution in [0.3, 0.4) is 0 Å². The van der Waals surface area contributed by atoms with Crippen molar-refractivity contribution in [3.05, 3.63) is 0 Å². The second-order valence-electron chi connectivity index (χ2n) is 4.23. The third-order valence-electron chi connectivity index (χ3n) is 2.27. The van der Waals surface area contributed by atoms with Gasteiger partial charge in [-0.15, -0.1) is 0 Å². The Morgan fingerprint density at radius 3 is 1.69 bits per heavy atom. The average molecular weight is 185 g/mol. The highest BCUT2D eigenvalue weighted by Crippen LogP contribution is 2.07. The van der Waals surface area contributed by atoms with E-state index in [0.29, 0.717) is 11.8 Å². The van der Waals surface area contributed by atoms with E-state index in [9.17, 15) is 4.79 Å². The van der Waals surface area contributed by atoms with Gasteiger partial charge in [0.05, 0.1) is 12.3 Å². The van der Waals surface area contributed by atoms with Gasteiger partial charge in [-0.05, 0) is 11.8 Å². The van der Waals surface area contributed by atoms with Gasteiger partial charge in [-0.25, -0.2) is 4.79 Å². The van der Waals surface area contributed by atoms with Crippen LogP contribution in [0.25, 0.3) is 0 Å². The summed E-state index contributed by atoms with van der Waals surface area (Å²) in [5.41, 5.74) is 0. The van der Waals surface area contributed by atoms with Crippen LogP contribution in [-0.2, 0) is 0 Å². The Labute approximate surface area is 79.5 Å². The standard InChI is InChI=1S/C9H19N3O/c1-5(2)7-10-8(6(3)4)12-9(13)11-7/h5-8,10H,1-4H3,(H2,11,12,13). The monoisotopic (exact) mass is 185 g/mol. The summed E-state index contributed by atoms with van der Waals surface area (Å²) in [4.78, 5) is 11.2. The van der Waals surface area contributed by atoms with Crippen molar-refractivity contribution in [3.8, 4) is 0 Å². The van der Waals surface area contributed by atoms with Gasteiger partial charge in [0.25, 0.3) is 0 Å². The topological polar surface area (TPSA) is 53.2 Å². The molecule has 76 valence electrons. The summed E-state index contributed by atoms with van der Waals surface area (Å²) in [6.45, 7) is 8.34. The first-order valence-electron chi connectivity index (χ1n) is 4.83. The van der Waals surface area contributed by atoms with Crippen LogP contribution in [0, 0.1) is 11.8 Å². The van der Waals surface area contributed by atoms with Crippen LogP contribution in [0.5, 0.6) is 0 Å². The van der Waals surface area contributed by atoms with Crippen molar-refractivity contribution in [1.82, 2.24) is 16.0 Å². The number of carbonyl (C=O) groups excluding carboxylic acids is 1. The Kier molecular flexibility index (Phi) is 3.14. The molecule has 0 radical (unpaired) electrons. The molecule has 0 aromatic rings. The summed E-state index contributed by atoms with van der Waals surface area (Å²) in [7, 11) is 0. The van der Waals surface area contributed by atoms with Crippen LogP contribution in [-0.4, -0.2) is 18.4 Å². The molecule has 1 fully saturated rings. The van der Waals surface area contributed by atoms with Gasteiger partial charge in [0.15, 0.2) is 0 Å². The van der Waals surface area contributed by atoms with Crippen molar-refractivity contribution in [2.24, 2.45) is 11.8 Å². The van der Waals surface area contributed by atoms with Crippen LogP contribution in [0.1, 0.15) is 27.7 Å². The second kappa shape index (κ2) is 3.96. The zero-order chi connectivity index (χ0) is 10.0. The molecule has 0 spiro atoms. The molecular formula is C9H19N3O. The molecule has 0 aliphatic carbocycles. The molecule has 0 aromatic carbocycles. The molecule has 1 saturated heterocycles. The molecular weight excluding hydrogens is 166 g/mol. The maximum atomic E-state index is 11.2. The summed E-state index contributed by atoms with van der Waals surface area (Å²) in [6, 6.07) is -0.0730. The van der Waals surface area contributed by atoms with Crippen molar-refractivity contribution < 1.29 is 4.79 Å². The maximum absolute atomic E-state index is 11.2. The number of hydrogen-bond donors (Lipinski definition) is 3. The van der Waals surface area contributed by atoms with E-state index in [-0.39, 0.29) is 18.4 Å². The van der Waals surface area contributed by atoms with Crippen molar-refractivity contribution in [3.63, 3.8) is 0 Å². The zero-order valence-electron chi connectivity index (χ0n) is 8.72. The summed E-state index contributed by atoms with van der Waals surface area (Å²) in [5.74, 6) is 0.819. The first kappa shape index (κ1) is 10.3. The first-order valence-corrected chi connectivity index (χ1v) is 4.83. The molecule has 0 aromatic heterocycles. The van der Waals surface area contributed by atoms with E-state index in [4.69, 9.17) is 0 Å². The lowest BCUT2D eigenvalue weighted by Gasteiger charge is -2.36. The minimum atomic E-state index is -0.0730. The summed E-state index contributed by atoms with van der Waals surface area (Å²) < 4.78 is 0. The molecule has 1 aliphatic rings. The highest BCUT2D eigenvalue weighted by molar-refractivity contribution is 5.75. The van der Waals surface area contributed by atoms with Crippen LogP contribution < -0.4 is 16.0 Å². The Hall–Kier alpha value is -0.770. The molecule has 1 rings (SSSR count). The molecule has 2 unspecified atom stereocenters. The van der Waals surface area contributed by atoms with Gasteiger partial charge in [0.2, 0.25) is 0 Å². The fourth-order valence-electron chi connectivity index (χ4n) is 1.32. The Balaban J connectivity index is 2.57. The van der Waals surface area contributed by atoms with E-state index < -0.39 is 0 Å². The van der Waals surface area contributed by atoms with Gasteiger partial charge in [0.1, 0.15) is 0 Å². The zero-order valence-corrected chi connectivity index (χ0v) is 8.72. The third-order valence-corrected chi connectivity index (χ3v) is 2.27. The van der Waals surface area contributed by atoms with Crippen molar-refractivity contribution in [1.29, 1.82) is 0 Å². The Morgan fingerprint density at radius 2 is 1.38 bits per heavy atom. The Morgan fingerprint density at radius 1 is 1.00 bits per heavy atom. The fourth-order valence-corrected chi connectivity index (χ4v) is 1.32. The maximum Gasteiger partial charge on any atom is 0.317 e. The van der Waals surface area contributed by atoms with E-state index in [1.54, 1.807) is 0 Å². The van der Waals surface area contributed by atoms with Gasteiger partial charge < -0.3 is 10.6 Å². The van der Waals surface area contributed by atoms with Crippen LogP contribution in [0.15, 0.2) is 0 Å². The minimum absolute atomic E-state index is 0.0730. The molecule has 4 heteroatoms. The van der Waals surface area contributed by atoms with Gasteiger partial charge in [0, 0.05) is 0 Å². The van der Waals surface area contributed by atoms with E-state index in [0.717, 1.165) is 0 Å². The summed E-state index contributed by atoms with van der Waals surface area (Å²) in [6.07, 6.45) is 0.169. The lowest BCUT2D eigenvalue weighted by Crippen LogP contribution is -2.67. The number of nitrogens with one attached hydrogen (secondary N) is 3. The normalized spacial score (nSPS) is 28.9. The van der Waals surface area contributed by atoms with Gasteiger partial charge in [-0.1, -0.05) is 27.7 Å². The predicted octanol–water partition coefficient (Wildman–Crippen LogP) is 0.853. The van der Waals surface area contributed by atoms with E-state index in [1.165, 1.54) is 0 Å². The number of urea groups is 1. The van der Waals surface area contributed by atoms with Crippen LogP contribution >= 0.6 is 0 Å². The molecule has 3 N–H and O–H groups in total. The molecule has 1 aliphatic heterocycles. The molecule has 2 amide bonds. The highest BCUT2D eigenvalue weighted by atomic mass is 16.2. The number of carbonyl (C=O) groups is 1. The van der Waals surface area contributed by atoms with Gasteiger partial charge in [-0.2, -0.15) is 0 Å². The average Bonchev–Trinajstić information content (AvgIpc) is 2.03. The minimum Gasteiger partial charge on any atom is -0.322 e. The van der Waals surface area contributed by atoms with Crippen LogP contribution in [0.4, 0.5) is 4.79 Å². The first-order chi connectivity index (χ1) is 6.00. The lowest BCUT2D eigenvalue weighted by atomic mass is 10.1. The van der Waals surface area contributed by atoms with E-state index in [2.05, 4.69) is 43.6 Å². The van der Waals surface area contributed by atoms with Gasteiger partial charge in [-0.3, -0.25) is 5.32 Å². The van der Waals surface area contributed by atoms with Gasteiger partial charge >= 0.3 is 6.03 Å². The van der Waals surface area contributed by atoms with Crippen molar-refractivity contribution in [2.75, 3.05) is 0 Å².